The first-order valence-electron chi connectivity index (χ1n) is 11.3. The van der Waals surface area contributed by atoms with Crippen LogP contribution in [0.4, 0.5) is 0 Å². The molecule has 1 fully saturated rings. The fourth-order valence-electron chi connectivity index (χ4n) is 4.26. The van der Waals surface area contributed by atoms with Gasteiger partial charge >= 0.3 is 5.97 Å². The molecule has 1 aromatic heterocycles. The third-order valence-corrected chi connectivity index (χ3v) is 6.96. The summed E-state index contributed by atoms with van der Waals surface area (Å²) >= 11 is 1.68. The van der Waals surface area contributed by atoms with E-state index in [-0.39, 0.29) is 11.9 Å². The SMILES string of the molecule is CCOC(=O)CC(/C(=C/NC1CCCCC1)c1nc2ccccc2s1)c1ccccc1. The van der Waals surface area contributed by atoms with Crippen LogP contribution in [0.1, 0.15) is 61.9 Å². The zero-order chi connectivity index (χ0) is 21.5. The lowest BCUT2D eigenvalue weighted by Gasteiger charge is -2.24. The molecular formula is C26H30N2O2S. The maximum atomic E-state index is 12.6. The quantitative estimate of drug-likeness (QED) is 0.423. The largest absolute Gasteiger partial charge is 0.466 e. The first-order valence-corrected chi connectivity index (χ1v) is 12.1. The Morgan fingerprint density at radius 2 is 1.87 bits per heavy atom. The second kappa shape index (κ2) is 10.6. The Kier molecular flexibility index (Phi) is 7.36. The van der Waals surface area contributed by atoms with Crippen LogP contribution < -0.4 is 5.32 Å². The van der Waals surface area contributed by atoms with Crippen molar-refractivity contribution in [3.63, 3.8) is 0 Å². The molecule has 5 heteroatoms. The van der Waals surface area contributed by atoms with Crippen LogP contribution in [0, 0.1) is 0 Å². The number of nitrogens with one attached hydrogen (secondary N) is 1. The van der Waals surface area contributed by atoms with Crippen molar-refractivity contribution in [1.82, 2.24) is 10.3 Å². The third kappa shape index (κ3) is 5.53. The van der Waals surface area contributed by atoms with E-state index in [9.17, 15) is 4.79 Å². The lowest BCUT2D eigenvalue weighted by Crippen LogP contribution is -2.27. The van der Waals surface area contributed by atoms with Gasteiger partial charge in [0, 0.05) is 23.7 Å². The molecule has 1 aliphatic rings. The molecule has 0 saturated heterocycles. The number of hydrogen-bond donors (Lipinski definition) is 1. The molecule has 0 amide bonds. The molecule has 0 spiro atoms. The van der Waals surface area contributed by atoms with Crippen LogP contribution in [0.5, 0.6) is 0 Å². The minimum Gasteiger partial charge on any atom is -0.466 e. The van der Waals surface area contributed by atoms with Crippen LogP contribution in [0.25, 0.3) is 15.8 Å². The number of para-hydroxylation sites is 1. The highest BCUT2D eigenvalue weighted by Crippen LogP contribution is 2.38. The predicted octanol–water partition coefficient (Wildman–Crippen LogP) is 6.30. The van der Waals surface area contributed by atoms with Gasteiger partial charge in [0.1, 0.15) is 5.01 Å². The number of carbonyl (C=O) groups is 1. The molecule has 4 nitrogen and oxygen atoms in total. The van der Waals surface area contributed by atoms with Crippen LogP contribution >= 0.6 is 11.3 Å². The Morgan fingerprint density at radius 3 is 2.61 bits per heavy atom. The summed E-state index contributed by atoms with van der Waals surface area (Å²) in [6.07, 6.45) is 8.67. The molecule has 1 heterocycles. The molecule has 162 valence electrons. The van der Waals surface area contributed by atoms with Crippen LogP contribution in [-0.2, 0) is 9.53 Å². The smallest absolute Gasteiger partial charge is 0.306 e. The summed E-state index contributed by atoms with van der Waals surface area (Å²) in [6.45, 7) is 2.24. The van der Waals surface area contributed by atoms with Gasteiger partial charge in [0.25, 0.3) is 0 Å². The molecule has 0 bridgehead atoms. The topological polar surface area (TPSA) is 51.2 Å². The summed E-state index contributed by atoms with van der Waals surface area (Å²) < 4.78 is 6.49. The van der Waals surface area contributed by atoms with E-state index in [2.05, 4.69) is 29.7 Å². The zero-order valence-electron chi connectivity index (χ0n) is 18.0. The molecule has 4 rings (SSSR count). The lowest BCUT2D eigenvalue weighted by atomic mass is 9.88. The molecule has 0 aliphatic heterocycles. The van der Waals surface area contributed by atoms with Crippen LogP contribution in [-0.4, -0.2) is 23.6 Å². The van der Waals surface area contributed by atoms with E-state index >= 15 is 0 Å². The summed E-state index contributed by atoms with van der Waals surface area (Å²) in [4.78, 5) is 17.5. The van der Waals surface area contributed by atoms with Crippen LogP contribution in [0.3, 0.4) is 0 Å². The number of carbonyl (C=O) groups excluding carboxylic acids is 1. The Balaban J connectivity index is 1.74. The van der Waals surface area contributed by atoms with Gasteiger partial charge in [-0.2, -0.15) is 0 Å². The highest BCUT2D eigenvalue weighted by molar-refractivity contribution is 7.19. The number of aromatic nitrogens is 1. The van der Waals surface area contributed by atoms with Crippen molar-refractivity contribution in [3.05, 3.63) is 71.4 Å². The predicted molar refractivity (Wildman–Crippen MR) is 128 cm³/mol. The summed E-state index contributed by atoms with van der Waals surface area (Å²) in [7, 11) is 0. The Labute approximate surface area is 188 Å². The van der Waals surface area contributed by atoms with Crippen molar-refractivity contribution in [2.75, 3.05) is 6.61 Å². The van der Waals surface area contributed by atoms with Crippen molar-refractivity contribution in [2.24, 2.45) is 0 Å². The summed E-state index contributed by atoms with van der Waals surface area (Å²) in [5.74, 6) is -0.294. The molecule has 1 N–H and O–H groups in total. The Bertz CT molecular complexity index is 989. The number of thiazole rings is 1. The van der Waals surface area contributed by atoms with Crippen molar-refractivity contribution in [1.29, 1.82) is 0 Å². The normalized spacial score (nSPS) is 16.2. The highest BCUT2D eigenvalue weighted by Gasteiger charge is 2.25. The van der Waals surface area contributed by atoms with Crippen LogP contribution in [0.15, 0.2) is 60.8 Å². The molecule has 1 saturated carbocycles. The number of hydrogen-bond acceptors (Lipinski definition) is 5. The van der Waals surface area contributed by atoms with Crippen molar-refractivity contribution in [2.45, 2.75) is 57.4 Å². The van der Waals surface area contributed by atoms with Gasteiger partial charge in [-0.05, 0) is 37.5 Å². The minimum atomic E-state index is -0.180. The maximum Gasteiger partial charge on any atom is 0.306 e. The Morgan fingerprint density at radius 1 is 1.13 bits per heavy atom. The number of esters is 1. The van der Waals surface area contributed by atoms with E-state index < -0.39 is 0 Å². The first-order chi connectivity index (χ1) is 15.2. The van der Waals surface area contributed by atoms with Crippen molar-refractivity contribution in [3.8, 4) is 0 Å². The number of ether oxygens (including phenoxy) is 1. The number of nitrogens with zero attached hydrogens (tertiary/aromatic N) is 1. The molecule has 2 aromatic carbocycles. The Hall–Kier alpha value is -2.66. The van der Waals surface area contributed by atoms with Gasteiger partial charge in [0.15, 0.2) is 0 Å². The van der Waals surface area contributed by atoms with E-state index in [1.54, 1.807) is 11.3 Å². The van der Waals surface area contributed by atoms with Gasteiger partial charge in [-0.1, -0.05) is 61.7 Å². The van der Waals surface area contributed by atoms with Gasteiger partial charge in [-0.25, -0.2) is 4.98 Å². The third-order valence-electron chi connectivity index (χ3n) is 5.87. The summed E-state index contributed by atoms with van der Waals surface area (Å²) in [6, 6.07) is 18.9. The summed E-state index contributed by atoms with van der Waals surface area (Å²) in [5, 5.41) is 4.63. The second-order valence-corrected chi connectivity index (χ2v) is 9.09. The molecule has 3 aromatic rings. The molecule has 1 atom stereocenters. The molecule has 0 radical (unpaired) electrons. The van der Waals surface area contributed by atoms with Crippen molar-refractivity contribution < 1.29 is 9.53 Å². The zero-order valence-corrected chi connectivity index (χ0v) is 18.9. The standard InChI is InChI=1S/C26H30N2O2S/c1-2-30-25(29)17-21(19-11-5-3-6-12-19)22(18-27-20-13-7-4-8-14-20)26-28-23-15-9-10-16-24(23)31-26/h3,5-6,9-12,15-16,18,20-21,27H,2,4,7-8,13-14,17H2,1H3/b22-18-. The van der Waals surface area contributed by atoms with Crippen molar-refractivity contribution >= 4 is 33.1 Å². The monoisotopic (exact) mass is 434 g/mol. The van der Waals surface area contributed by atoms with E-state index in [1.807, 2.05) is 43.3 Å². The number of rotatable bonds is 8. The average Bonchev–Trinajstić information content (AvgIpc) is 3.24. The van der Waals surface area contributed by atoms with Gasteiger partial charge < -0.3 is 10.1 Å². The van der Waals surface area contributed by atoms with Crippen LogP contribution in [0.2, 0.25) is 0 Å². The van der Waals surface area contributed by atoms with Gasteiger partial charge in [0.05, 0.1) is 23.2 Å². The fourth-order valence-corrected chi connectivity index (χ4v) is 5.30. The number of allylic oxidation sites excluding steroid dienone is 1. The molecule has 1 unspecified atom stereocenters. The van der Waals surface area contributed by atoms with Gasteiger partial charge in [0.2, 0.25) is 0 Å². The van der Waals surface area contributed by atoms with Gasteiger partial charge in [-0.15, -0.1) is 11.3 Å². The first kappa shape index (κ1) is 21.6. The molecule has 31 heavy (non-hydrogen) atoms. The van der Waals surface area contributed by atoms with E-state index in [1.165, 1.54) is 32.1 Å². The number of benzene rings is 2. The summed E-state index contributed by atoms with van der Waals surface area (Å²) in [5.41, 5.74) is 3.16. The minimum absolute atomic E-state index is 0.114. The number of fused-ring (bicyclic) bond motifs is 1. The fraction of sp³-hybridized carbons (Fsp3) is 0.385. The van der Waals surface area contributed by atoms with E-state index in [4.69, 9.17) is 9.72 Å². The lowest BCUT2D eigenvalue weighted by molar-refractivity contribution is -0.143. The molecular weight excluding hydrogens is 404 g/mol. The average molecular weight is 435 g/mol. The second-order valence-electron chi connectivity index (χ2n) is 8.06. The van der Waals surface area contributed by atoms with E-state index in [0.717, 1.165) is 26.4 Å². The van der Waals surface area contributed by atoms with E-state index in [0.29, 0.717) is 19.1 Å². The maximum absolute atomic E-state index is 12.6. The highest BCUT2D eigenvalue weighted by atomic mass is 32.1. The van der Waals surface area contributed by atoms with Gasteiger partial charge in [-0.3, -0.25) is 4.79 Å². The molecule has 1 aliphatic carbocycles.